The third-order valence-electron chi connectivity index (χ3n) is 5.22. The van der Waals surface area contributed by atoms with Crippen molar-refractivity contribution in [1.82, 2.24) is 0 Å². The van der Waals surface area contributed by atoms with Gasteiger partial charge in [0.25, 0.3) is 0 Å². The number of carbonyl (C=O) groups excluding carboxylic acids is 1. The van der Waals surface area contributed by atoms with Crippen LogP contribution < -0.4 is 25.1 Å². The fraction of sp³-hybridized carbons (Fsp3) is 0.227. The van der Waals surface area contributed by atoms with Gasteiger partial charge in [0.1, 0.15) is 17.7 Å². The van der Waals surface area contributed by atoms with E-state index >= 15 is 0 Å². The van der Waals surface area contributed by atoms with Crippen LogP contribution in [0.1, 0.15) is 19.6 Å². The average molecular weight is 495 g/mol. The molecule has 0 saturated carbocycles. The van der Waals surface area contributed by atoms with Gasteiger partial charge in [0, 0.05) is 24.8 Å². The highest BCUT2D eigenvalue weighted by Crippen LogP contribution is 2.56. The molecule has 5 nitrogen and oxygen atoms in total. The summed E-state index contributed by atoms with van der Waals surface area (Å²) in [6.07, 6.45) is -3.49. The first-order chi connectivity index (χ1) is 14.8. The molecule has 31 heavy (non-hydrogen) atoms. The van der Waals surface area contributed by atoms with E-state index in [1.54, 1.807) is 18.2 Å². The van der Waals surface area contributed by atoms with E-state index in [0.717, 1.165) is 24.1 Å². The molecule has 0 radical (unpaired) electrons. The fourth-order valence-corrected chi connectivity index (χ4v) is 7.79. The van der Waals surface area contributed by atoms with Crippen molar-refractivity contribution in [3.8, 4) is 5.75 Å². The van der Waals surface area contributed by atoms with Crippen molar-refractivity contribution >= 4 is 69.5 Å². The Morgan fingerprint density at radius 3 is 2.39 bits per heavy atom. The smallest absolute Gasteiger partial charge is 0.424 e. The summed E-state index contributed by atoms with van der Waals surface area (Å²) in [7, 11) is 0. The number of carbonyl (C=O) groups is 1. The zero-order valence-corrected chi connectivity index (χ0v) is 20.5. The molecule has 9 heteroatoms. The molecule has 1 atom stereocenters. The molecule has 0 spiro atoms. The number of benzene rings is 2. The molecule has 0 bridgehead atoms. The van der Waals surface area contributed by atoms with E-state index in [4.69, 9.17) is 44.2 Å². The Kier molecular flexibility index (Phi) is 6.10. The van der Waals surface area contributed by atoms with Crippen molar-refractivity contribution in [2.75, 3.05) is 22.7 Å². The van der Waals surface area contributed by atoms with E-state index in [0.29, 0.717) is 32.7 Å². The van der Waals surface area contributed by atoms with Crippen LogP contribution in [-0.2, 0) is 11.8 Å². The molecule has 0 N–H and O–H groups in total. The number of furan rings is 1. The molecule has 1 unspecified atom stereocenters. The highest BCUT2D eigenvalue weighted by molar-refractivity contribution is 8.22. The van der Waals surface area contributed by atoms with Gasteiger partial charge in [0.05, 0.1) is 21.0 Å². The number of rotatable bonds is 5. The van der Waals surface area contributed by atoms with Gasteiger partial charge in [-0.15, -0.1) is 0 Å². The van der Waals surface area contributed by atoms with Crippen LogP contribution in [0, 0.1) is 6.92 Å². The van der Waals surface area contributed by atoms with Gasteiger partial charge >= 0.3 is 6.09 Å². The van der Waals surface area contributed by atoms with Crippen LogP contribution in [0.3, 0.4) is 0 Å². The van der Waals surface area contributed by atoms with E-state index in [2.05, 4.69) is 18.7 Å². The van der Waals surface area contributed by atoms with Crippen LogP contribution in [-0.4, -0.2) is 19.2 Å². The summed E-state index contributed by atoms with van der Waals surface area (Å²) >= 11 is 18.6. The zero-order valence-electron chi connectivity index (χ0n) is 17.3. The number of hydrogen-bond donors (Lipinski definition) is 0. The Morgan fingerprint density at radius 2 is 1.77 bits per heavy atom. The van der Waals surface area contributed by atoms with Crippen LogP contribution in [0.4, 0.5) is 16.2 Å². The number of hydrogen-bond acceptors (Lipinski definition) is 5. The summed E-state index contributed by atoms with van der Waals surface area (Å²) in [5.74, 6) is 1.18. The number of anilines is 2. The third-order valence-corrected chi connectivity index (χ3v) is 10.4. The second-order valence-electron chi connectivity index (χ2n) is 7.06. The predicted octanol–water partition coefficient (Wildman–Crippen LogP) is 6.11. The lowest BCUT2D eigenvalue weighted by molar-refractivity contribution is 0.211. The van der Waals surface area contributed by atoms with Crippen molar-refractivity contribution in [3.63, 3.8) is 0 Å². The molecule has 4 rings (SSSR count). The normalized spacial score (nSPS) is 18.0. The lowest BCUT2D eigenvalue weighted by Gasteiger charge is -2.38. The molecule has 2 heterocycles. The lowest BCUT2D eigenvalue weighted by atomic mass is 10.2. The van der Waals surface area contributed by atoms with E-state index in [1.807, 2.05) is 37.3 Å². The molecule has 162 valence electrons. The highest BCUT2D eigenvalue weighted by Gasteiger charge is 2.45. The quantitative estimate of drug-likeness (QED) is 0.400. The minimum absolute atomic E-state index is 0.326. The van der Waals surface area contributed by atoms with E-state index in [-0.39, 0.29) is 0 Å². The maximum atomic E-state index is 13.3. The summed E-state index contributed by atoms with van der Waals surface area (Å²) in [5.41, 5.74) is 2.03. The second-order valence-corrected chi connectivity index (χ2v) is 11.9. The fourth-order valence-electron chi connectivity index (χ4n) is 3.67. The first-order valence-corrected chi connectivity index (χ1v) is 13.3. The monoisotopic (exact) mass is 494 g/mol. The van der Waals surface area contributed by atoms with Crippen molar-refractivity contribution in [2.45, 2.75) is 20.8 Å². The molecule has 1 aliphatic heterocycles. The Balaban J connectivity index is 1.95. The molecule has 2 aromatic carbocycles. The van der Waals surface area contributed by atoms with E-state index in [9.17, 15) is 4.79 Å². The van der Waals surface area contributed by atoms with Gasteiger partial charge in [-0.1, -0.05) is 35.0 Å². The van der Waals surface area contributed by atoms with Crippen LogP contribution in [0.15, 0.2) is 52.9 Å². The van der Waals surface area contributed by atoms with Gasteiger partial charge in [-0.3, -0.25) is 0 Å². The standard InChI is InChI=1S/C22H21Cl2N2O3PS/c1-4-25(5-2)15-8-10-20-19(13-15)29-22(27)26(16-7-9-17(23)18(24)12-16)30(20,31)21-11-6-14(3)28-21/h6-13H,4-5H2,1-3H3. The predicted molar refractivity (Wildman–Crippen MR) is 132 cm³/mol. The van der Waals surface area contributed by atoms with Crippen molar-refractivity contribution in [1.29, 1.82) is 0 Å². The number of amides is 1. The molecule has 0 saturated heterocycles. The molecule has 3 aromatic rings. The van der Waals surface area contributed by atoms with Crippen molar-refractivity contribution < 1.29 is 13.9 Å². The maximum Gasteiger partial charge on any atom is 0.424 e. The number of fused-ring (bicyclic) bond motifs is 1. The molecule has 1 amide bonds. The van der Waals surface area contributed by atoms with Crippen LogP contribution >= 0.6 is 29.4 Å². The van der Waals surface area contributed by atoms with Gasteiger partial charge in [0.2, 0.25) is 0 Å². The molecular formula is C22H21Cl2N2O3PS. The number of aryl methyl sites for hydroxylation is 1. The van der Waals surface area contributed by atoms with Crippen LogP contribution in [0.5, 0.6) is 5.75 Å². The molecule has 0 fully saturated rings. The average Bonchev–Trinajstić information content (AvgIpc) is 3.18. The Hall–Kier alpha value is -1.98. The van der Waals surface area contributed by atoms with E-state index < -0.39 is 12.3 Å². The van der Waals surface area contributed by atoms with Crippen molar-refractivity contribution in [3.05, 3.63) is 64.3 Å². The van der Waals surface area contributed by atoms with Crippen LogP contribution in [0.2, 0.25) is 10.0 Å². The SMILES string of the molecule is CCN(CC)c1ccc2c(c1)OC(=O)N(c1ccc(Cl)c(Cl)c1)P2(=S)c1ccc(C)o1. The molecular weight excluding hydrogens is 474 g/mol. The van der Waals surface area contributed by atoms with E-state index in [1.165, 1.54) is 4.67 Å². The van der Waals surface area contributed by atoms with Crippen molar-refractivity contribution in [2.24, 2.45) is 0 Å². The van der Waals surface area contributed by atoms with Gasteiger partial charge < -0.3 is 14.1 Å². The Labute approximate surface area is 196 Å². The summed E-state index contributed by atoms with van der Waals surface area (Å²) in [6, 6.07) is 14.5. The van der Waals surface area contributed by atoms with Gasteiger partial charge in [0.15, 0.2) is 5.50 Å². The topological polar surface area (TPSA) is 45.9 Å². The number of halogens is 2. The largest absolute Gasteiger partial charge is 0.459 e. The van der Waals surface area contributed by atoms with Gasteiger partial charge in [-0.05, 0) is 63.2 Å². The minimum atomic E-state index is -2.92. The number of nitrogens with zero attached hydrogens (tertiary/aromatic N) is 2. The summed E-state index contributed by atoms with van der Waals surface area (Å²) < 4.78 is 13.2. The Bertz CT molecular complexity index is 1210. The molecule has 1 aliphatic rings. The summed E-state index contributed by atoms with van der Waals surface area (Å²) in [4.78, 5) is 15.5. The lowest BCUT2D eigenvalue weighted by Crippen LogP contribution is -2.43. The van der Waals surface area contributed by atoms with Gasteiger partial charge in [-0.25, -0.2) is 9.46 Å². The third kappa shape index (κ3) is 3.76. The summed E-state index contributed by atoms with van der Waals surface area (Å²) in [6.45, 7) is 7.68. The molecule has 0 aliphatic carbocycles. The van der Waals surface area contributed by atoms with Crippen LogP contribution in [0.25, 0.3) is 0 Å². The van der Waals surface area contributed by atoms with Gasteiger partial charge in [-0.2, -0.15) is 0 Å². The first-order valence-electron chi connectivity index (χ1n) is 9.83. The minimum Gasteiger partial charge on any atom is -0.459 e. The highest BCUT2D eigenvalue weighted by atomic mass is 35.5. The first kappa shape index (κ1) is 22.2. The maximum absolute atomic E-state index is 13.3. The number of ether oxygens (including phenoxy) is 1. The second kappa shape index (κ2) is 8.51. The summed E-state index contributed by atoms with van der Waals surface area (Å²) in [5, 5.41) is 1.47. The Morgan fingerprint density at radius 1 is 1.03 bits per heavy atom. The molecule has 1 aromatic heterocycles. The zero-order chi connectivity index (χ0) is 22.3.